The van der Waals surface area contributed by atoms with Crippen LogP contribution in [-0.2, 0) is 5.54 Å². The van der Waals surface area contributed by atoms with E-state index in [2.05, 4.69) is 15.3 Å². The van der Waals surface area contributed by atoms with Crippen LogP contribution in [0.4, 0.5) is 11.7 Å². The average molecular weight is 274 g/mol. The molecule has 3 rings (SSSR count). The van der Waals surface area contributed by atoms with Crippen LogP contribution in [0.25, 0.3) is 11.1 Å². The number of hydrogen-bond acceptors (Lipinski definition) is 6. The van der Waals surface area contributed by atoms with E-state index in [9.17, 15) is 0 Å². The minimum absolute atomic E-state index is 0.333. The van der Waals surface area contributed by atoms with Crippen molar-refractivity contribution < 1.29 is 4.42 Å². The van der Waals surface area contributed by atoms with Crippen molar-refractivity contribution in [2.45, 2.75) is 19.4 Å². The first kappa shape index (κ1) is 12.0. The number of anilines is 2. The Morgan fingerprint density at radius 2 is 2.21 bits per heavy atom. The van der Waals surface area contributed by atoms with Gasteiger partial charge in [-0.1, -0.05) is 0 Å². The third-order valence-electron chi connectivity index (χ3n) is 2.80. The molecule has 0 fully saturated rings. The van der Waals surface area contributed by atoms with E-state index in [1.165, 1.54) is 0 Å². The highest BCUT2D eigenvalue weighted by atomic mass is 32.1. The van der Waals surface area contributed by atoms with E-state index in [1.807, 2.05) is 25.3 Å². The van der Waals surface area contributed by atoms with Crippen LogP contribution >= 0.6 is 11.3 Å². The van der Waals surface area contributed by atoms with Crippen LogP contribution in [0, 0.1) is 0 Å². The van der Waals surface area contributed by atoms with Gasteiger partial charge in [-0.25, -0.2) is 4.98 Å². The second-order valence-corrected chi connectivity index (χ2v) is 5.73. The fourth-order valence-electron chi connectivity index (χ4n) is 1.85. The fraction of sp³-hybridized carbons (Fsp3) is 0.231. The second-order valence-electron chi connectivity index (χ2n) is 4.83. The predicted octanol–water partition coefficient (Wildman–Crippen LogP) is 3.21. The van der Waals surface area contributed by atoms with Gasteiger partial charge in [0.05, 0.1) is 5.54 Å². The summed E-state index contributed by atoms with van der Waals surface area (Å²) in [5.41, 5.74) is 7.53. The number of nitrogens with one attached hydrogen (secondary N) is 1. The Morgan fingerprint density at radius 1 is 1.37 bits per heavy atom. The van der Waals surface area contributed by atoms with Gasteiger partial charge < -0.3 is 15.5 Å². The molecule has 0 radical (unpaired) electrons. The van der Waals surface area contributed by atoms with Crippen molar-refractivity contribution >= 4 is 34.1 Å². The highest BCUT2D eigenvalue weighted by Crippen LogP contribution is 2.29. The zero-order valence-electron chi connectivity index (χ0n) is 10.7. The van der Waals surface area contributed by atoms with E-state index in [-0.39, 0.29) is 5.54 Å². The molecule has 3 aromatic rings. The molecule has 19 heavy (non-hydrogen) atoms. The number of fused-ring (bicyclic) bond motifs is 1. The van der Waals surface area contributed by atoms with E-state index < -0.39 is 0 Å². The zero-order chi connectivity index (χ0) is 13.5. The summed E-state index contributed by atoms with van der Waals surface area (Å²) in [6.07, 6.45) is 1.79. The Hall–Kier alpha value is -2.08. The lowest BCUT2D eigenvalue weighted by Crippen LogP contribution is -2.27. The van der Waals surface area contributed by atoms with Gasteiger partial charge in [0.25, 0.3) is 6.01 Å². The summed E-state index contributed by atoms with van der Waals surface area (Å²) in [5, 5.41) is 6.19. The van der Waals surface area contributed by atoms with Crippen molar-refractivity contribution in [2.75, 3.05) is 11.1 Å². The number of nitrogens with two attached hydrogens (primary N) is 1. The van der Waals surface area contributed by atoms with Gasteiger partial charge in [0, 0.05) is 17.3 Å². The van der Waals surface area contributed by atoms with E-state index in [1.54, 1.807) is 29.7 Å². The van der Waals surface area contributed by atoms with Crippen LogP contribution in [-0.4, -0.2) is 9.97 Å². The minimum atomic E-state index is -0.333. The third kappa shape index (κ3) is 2.26. The van der Waals surface area contributed by atoms with Crippen molar-refractivity contribution in [3.8, 4) is 0 Å². The quantitative estimate of drug-likeness (QED) is 0.717. The molecule has 0 bridgehead atoms. The molecule has 0 aliphatic carbocycles. The minimum Gasteiger partial charge on any atom is -0.424 e. The standard InChI is InChI=1S/C13H14N4OS/c1-13(2,11-15-5-6-19-11)17-12-16-9-7-8(14)3-4-10(9)18-12/h3-7H,14H2,1-2H3,(H,16,17). The summed E-state index contributed by atoms with van der Waals surface area (Å²) >= 11 is 1.60. The number of thiazole rings is 1. The van der Waals surface area contributed by atoms with Gasteiger partial charge >= 0.3 is 0 Å². The highest BCUT2D eigenvalue weighted by Gasteiger charge is 2.25. The van der Waals surface area contributed by atoms with E-state index in [4.69, 9.17) is 10.2 Å². The summed E-state index contributed by atoms with van der Waals surface area (Å²) in [7, 11) is 0. The van der Waals surface area contributed by atoms with Gasteiger partial charge in [0.15, 0.2) is 5.58 Å². The molecule has 1 aromatic carbocycles. The zero-order valence-corrected chi connectivity index (χ0v) is 11.5. The Labute approximate surface area is 114 Å². The lowest BCUT2D eigenvalue weighted by molar-refractivity contribution is 0.539. The molecule has 2 heterocycles. The molecule has 0 spiro atoms. The van der Waals surface area contributed by atoms with Gasteiger partial charge in [0.1, 0.15) is 10.5 Å². The van der Waals surface area contributed by atoms with Crippen molar-refractivity contribution in [1.82, 2.24) is 9.97 Å². The summed E-state index contributed by atoms with van der Waals surface area (Å²) in [5.74, 6) is 0. The molecule has 0 unspecified atom stereocenters. The molecule has 0 saturated carbocycles. The molecule has 6 heteroatoms. The van der Waals surface area contributed by atoms with Gasteiger partial charge in [0.2, 0.25) is 0 Å². The first-order chi connectivity index (χ1) is 9.04. The maximum absolute atomic E-state index is 5.73. The number of aromatic nitrogens is 2. The first-order valence-corrected chi connectivity index (χ1v) is 6.77. The fourth-order valence-corrected chi connectivity index (χ4v) is 2.57. The number of benzene rings is 1. The van der Waals surface area contributed by atoms with Gasteiger partial charge in [-0.2, -0.15) is 4.98 Å². The molecule has 98 valence electrons. The van der Waals surface area contributed by atoms with Crippen LogP contribution in [0.1, 0.15) is 18.9 Å². The van der Waals surface area contributed by atoms with Crippen molar-refractivity contribution in [1.29, 1.82) is 0 Å². The van der Waals surface area contributed by atoms with Gasteiger partial charge in [-0.15, -0.1) is 11.3 Å². The maximum Gasteiger partial charge on any atom is 0.296 e. The summed E-state index contributed by atoms with van der Waals surface area (Å²) in [6.45, 7) is 4.07. The number of nitrogens with zero attached hydrogens (tertiary/aromatic N) is 2. The number of oxazole rings is 1. The van der Waals surface area contributed by atoms with Crippen LogP contribution in [0.5, 0.6) is 0 Å². The van der Waals surface area contributed by atoms with E-state index in [0.29, 0.717) is 17.3 Å². The average Bonchev–Trinajstić information content (AvgIpc) is 2.95. The topological polar surface area (TPSA) is 77.0 Å². The molecule has 3 N–H and O–H groups in total. The smallest absolute Gasteiger partial charge is 0.296 e. The molecular weight excluding hydrogens is 260 g/mol. The maximum atomic E-state index is 5.73. The third-order valence-corrected chi connectivity index (χ3v) is 3.89. The second kappa shape index (κ2) is 4.24. The van der Waals surface area contributed by atoms with E-state index >= 15 is 0 Å². The molecule has 0 amide bonds. The molecular formula is C13H14N4OS. The summed E-state index contributed by atoms with van der Waals surface area (Å²) < 4.78 is 5.66. The Balaban J connectivity index is 1.93. The molecule has 0 aliphatic heterocycles. The lowest BCUT2D eigenvalue weighted by atomic mass is 10.1. The Kier molecular flexibility index (Phi) is 2.67. The number of hydrogen-bond donors (Lipinski definition) is 2. The molecule has 0 atom stereocenters. The molecule has 0 saturated heterocycles. The normalized spacial score (nSPS) is 11.9. The van der Waals surface area contributed by atoms with Crippen LogP contribution < -0.4 is 11.1 Å². The van der Waals surface area contributed by atoms with Gasteiger partial charge in [-0.05, 0) is 32.0 Å². The largest absolute Gasteiger partial charge is 0.424 e. The summed E-state index contributed by atoms with van der Waals surface area (Å²) in [4.78, 5) is 8.71. The van der Waals surface area contributed by atoms with Crippen LogP contribution in [0.3, 0.4) is 0 Å². The van der Waals surface area contributed by atoms with Gasteiger partial charge in [-0.3, -0.25) is 0 Å². The predicted molar refractivity (Wildman–Crippen MR) is 77.2 cm³/mol. The monoisotopic (exact) mass is 274 g/mol. The van der Waals surface area contributed by atoms with E-state index in [0.717, 1.165) is 10.5 Å². The molecule has 5 nitrogen and oxygen atoms in total. The molecule has 2 aromatic heterocycles. The SMILES string of the molecule is CC(C)(Nc1nc2cc(N)ccc2o1)c1nccs1. The van der Waals surface area contributed by atoms with Crippen LogP contribution in [0.15, 0.2) is 34.2 Å². The number of nitrogen functional groups attached to an aromatic ring is 1. The molecule has 0 aliphatic rings. The first-order valence-electron chi connectivity index (χ1n) is 5.89. The lowest BCUT2D eigenvalue weighted by Gasteiger charge is -2.22. The van der Waals surface area contributed by atoms with Crippen molar-refractivity contribution in [2.24, 2.45) is 0 Å². The highest BCUT2D eigenvalue weighted by molar-refractivity contribution is 7.09. The Bertz CT molecular complexity index is 703. The van der Waals surface area contributed by atoms with Crippen molar-refractivity contribution in [3.05, 3.63) is 34.8 Å². The van der Waals surface area contributed by atoms with Crippen LogP contribution in [0.2, 0.25) is 0 Å². The summed E-state index contributed by atoms with van der Waals surface area (Å²) in [6, 6.07) is 5.88. The number of rotatable bonds is 3. The van der Waals surface area contributed by atoms with Crippen molar-refractivity contribution in [3.63, 3.8) is 0 Å². The Morgan fingerprint density at radius 3 is 2.95 bits per heavy atom.